The van der Waals surface area contributed by atoms with Gasteiger partial charge in [0.15, 0.2) is 0 Å². The number of fused-ring (bicyclic) bond motifs is 5. The van der Waals surface area contributed by atoms with Gasteiger partial charge in [-0.05, 0) is 106 Å². The lowest BCUT2D eigenvalue weighted by Crippen LogP contribution is -2.44. The van der Waals surface area contributed by atoms with E-state index >= 15 is 0 Å². The number of aliphatic hydroxyl groups is 1. The zero-order chi connectivity index (χ0) is 13.7. The summed E-state index contributed by atoms with van der Waals surface area (Å²) in [4.78, 5) is 0. The third-order valence-corrected chi connectivity index (χ3v) is 7.09. The van der Waals surface area contributed by atoms with E-state index in [0.29, 0.717) is 0 Å². The molecule has 0 aliphatic heterocycles. The topological polar surface area (TPSA) is 20.2 Å². The Hall–Kier alpha value is -0.0400. The molecule has 0 amide bonds. The van der Waals surface area contributed by atoms with Crippen molar-refractivity contribution < 1.29 is 5.11 Å². The summed E-state index contributed by atoms with van der Waals surface area (Å²) in [6.45, 7) is 2.26. The van der Waals surface area contributed by atoms with Gasteiger partial charge >= 0.3 is 0 Å². The monoisotopic (exact) mass is 273 g/mol. The fraction of sp³-hybridized carbons (Fsp3) is 0.842. The molecule has 6 atom stereocenters. The zero-order valence-corrected chi connectivity index (χ0v) is 12.9. The molecular formula is C19H29O. The van der Waals surface area contributed by atoms with Crippen LogP contribution >= 0.6 is 0 Å². The van der Waals surface area contributed by atoms with Crippen LogP contribution in [0.1, 0.15) is 64.7 Å². The predicted molar refractivity (Wildman–Crippen MR) is 81.5 cm³/mol. The average molecular weight is 273 g/mol. The van der Waals surface area contributed by atoms with Gasteiger partial charge in [0.2, 0.25) is 0 Å². The molecule has 20 heavy (non-hydrogen) atoms. The van der Waals surface area contributed by atoms with Crippen molar-refractivity contribution >= 4 is 0 Å². The summed E-state index contributed by atoms with van der Waals surface area (Å²) in [6.07, 6.45) is 14.4. The smallest absolute Gasteiger partial charge is 0.0543 e. The Labute approximate surface area is 124 Å². The molecule has 1 nitrogen and oxygen atoms in total. The van der Waals surface area contributed by atoms with Gasteiger partial charge < -0.3 is 5.11 Å². The molecule has 0 spiro atoms. The van der Waals surface area contributed by atoms with Crippen molar-refractivity contribution in [2.45, 2.75) is 70.8 Å². The molecular weight excluding hydrogens is 244 g/mol. The minimum atomic E-state index is -0.00318. The SMILES string of the molecule is C[CH][C@H]1CC[C@@H]2[C]1CC[C@@H]1[C]3CC[C@@H](O)C[C@@H]3CC[C@H]12. The summed E-state index contributed by atoms with van der Waals surface area (Å²) in [5, 5.41) is 9.94. The Kier molecular flexibility index (Phi) is 3.61. The van der Waals surface area contributed by atoms with Crippen LogP contribution in [0.25, 0.3) is 0 Å². The summed E-state index contributed by atoms with van der Waals surface area (Å²) in [7, 11) is 0. The van der Waals surface area contributed by atoms with Crippen LogP contribution in [0.4, 0.5) is 0 Å². The van der Waals surface area contributed by atoms with Gasteiger partial charge in [0.1, 0.15) is 0 Å². The van der Waals surface area contributed by atoms with Crippen LogP contribution in [-0.2, 0) is 0 Å². The molecule has 4 fully saturated rings. The highest BCUT2D eigenvalue weighted by Crippen LogP contribution is 2.60. The third-order valence-electron chi connectivity index (χ3n) is 7.09. The molecule has 1 heteroatoms. The van der Waals surface area contributed by atoms with Gasteiger partial charge in [-0.3, -0.25) is 0 Å². The Bertz CT molecular complexity index is 350. The summed E-state index contributed by atoms with van der Waals surface area (Å²) in [5.41, 5.74) is 0. The van der Waals surface area contributed by atoms with Gasteiger partial charge in [-0.1, -0.05) is 6.92 Å². The average Bonchev–Trinajstić information content (AvgIpc) is 2.89. The number of rotatable bonds is 1. The largest absolute Gasteiger partial charge is 0.393 e. The Morgan fingerprint density at radius 2 is 1.70 bits per heavy atom. The van der Waals surface area contributed by atoms with Crippen molar-refractivity contribution in [1.82, 2.24) is 0 Å². The van der Waals surface area contributed by atoms with Crippen LogP contribution in [-0.4, -0.2) is 11.2 Å². The highest BCUT2D eigenvalue weighted by atomic mass is 16.3. The van der Waals surface area contributed by atoms with E-state index < -0.39 is 0 Å². The lowest BCUT2D eigenvalue weighted by Gasteiger charge is -2.52. The second-order valence-corrected chi connectivity index (χ2v) is 7.78. The molecule has 111 valence electrons. The van der Waals surface area contributed by atoms with E-state index in [9.17, 15) is 5.11 Å². The minimum absolute atomic E-state index is 0.00318. The first kappa shape index (κ1) is 13.6. The lowest BCUT2D eigenvalue weighted by molar-refractivity contribution is 0.0465. The molecule has 0 aromatic rings. The molecule has 4 aliphatic rings. The molecule has 0 saturated heterocycles. The molecule has 0 bridgehead atoms. The molecule has 3 radical (unpaired) electrons. The van der Waals surface area contributed by atoms with Gasteiger partial charge in [0, 0.05) is 0 Å². The molecule has 0 aromatic carbocycles. The maximum absolute atomic E-state index is 9.94. The number of aliphatic hydroxyl groups excluding tert-OH is 1. The molecule has 4 saturated carbocycles. The Morgan fingerprint density at radius 3 is 2.55 bits per heavy atom. The predicted octanol–water partition coefficient (Wildman–Crippen LogP) is 4.37. The zero-order valence-electron chi connectivity index (χ0n) is 12.9. The molecule has 0 heterocycles. The molecule has 4 rings (SSSR count). The molecule has 0 unspecified atom stereocenters. The van der Waals surface area contributed by atoms with E-state index in [1.165, 1.54) is 44.9 Å². The van der Waals surface area contributed by atoms with E-state index in [1.54, 1.807) is 0 Å². The van der Waals surface area contributed by atoms with E-state index in [-0.39, 0.29) is 6.10 Å². The number of hydrogen-bond acceptors (Lipinski definition) is 1. The standard InChI is InChI=1S/C19H29O/c1-2-12-3-6-17-15(12)9-10-18-16-8-5-14(20)11-13(16)4-7-19(17)18/h2,12-14,17-20H,3-11H2,1H3/t12-,13-,14+,17+,18+,19-/m0/s1. The van der Waals surface area contributed by atoms with Gasteiger partial charge in [0.25, 0.3) is 0 Å². The van der Waals surface area contributed by atoms with Crippen molar-refractivity contribution in [3.63, 3.8) is 0 Å². The van der Waals surface area contributed by atoms with Gasteiger partial charge in [0.05, 0.1) is 6.10 Å². The van der Waals surface area contributed by atoms with Gasteiger partial charge in [-0.25, -0.2) is 0 Å². The van der Waals surface area contributed by atoms with E-state index in [2.05, 4.69) is 13.3 Å². The molecule has 0 aromatic heterocycles. The Balaban J connectivity index is 1.51. The first-order chi connectivity index (χ1) is 9.78. The van der Waals surface area contributed by atoms with E-state index in [0.717, 1.165) is 42.4 Å². The molecule has 4 aliphatic carbocycles. The highest BCUT2D eigenvalue weighted by molar-refractivity contribution is 5.21. The fourth-order valence-electron chi connectivity index (χ4n) is 6.24. The van der Waals surface area contributed by atoms with Crippen molar-refractivity contribution in [2.24, 2.45) is 29.6 Å². The fourth-order valence-corrected chi connectivity index (χ4v) is 6.24. The van der Waals surface area contributed by atoms with Crippen LogP contribution in [0.15, 0.2) is 0 Å². The van der Waals surface area contributed by atoms with Crippen LogP contribution in [0.2, 0.25) is 0 Å². The van der Waals surface area contributed by atoms with Crippen molar-refractivity contribution in [2.75, 3.05) is 0 Å². The second-order valence-electron chi connectivity index (χ2n) is 7.78. The van der Waals surface area contributed by atoms with E-state index in [4.69, 9.17) is 0 Å². The second kappa shape index (κ2) is 5.30. The lowest BCUT2D eigenvalue weighted by atomic mass is 9.53. The van der Waals surface area contributed by atoms with Crippen LogP contribution in [0.3, 0.4) is 0 Å². The molecule has 1 N–H and O–H groups in total. The number of hydrogen-bond donors (Lipinski definition) is 1. The maximum atomic E-state index is 9.94. The Morgan fingerprint density at radius 1 is 0.900 bits per heavy atom. The van der Waals surface area contributed by atoms with Crippen molar-refractivity contribution in [1.29, 1.82) is 0 Å². The van der Waals surface area contributed by atoms with Gasteiger partial charge in [-0.15, -0.1) is 0 Å². The summed E-state index contributed by atoms with van der Waals surface area (Å²) < 4.78 is 0. The van der Waals surface area contributed by atoms with Crippen molar-refractivity contribution in [3.05, 3.63) is 18.3 Å². The summed E-state index contributed by atoms with van der Waals surface area (Å²) in [5.74, 6) is 8.28. The highest BCUT2D eigenvalue weighted by Gasteiger charge is 2.51. The summed E-state index contributed by atoms with van der Waals surface area (Å²) in [6, 6.07) is 0. The third kappa shape index (κ3) is 2.07. The van der Waals surface area contributed by atoms with Crippen LogP contribution in [0.5, 0.6) is 0 Å². The van der Waals surface area contributed by atoms with E-state index in [1.807, 2.05) is 11.8 Å². The first-order valence-corrected chi connectivity index (χ1v) is 8.96. The summed E-state index contributed by atoms with van der Waals surface area (Å²) >= 11 is 0. The van der Waals surface area contributed by atoms with Crippen LogP contribution in [0, 0.1) is 47.8 Å². The van der Waals surface area contributed by atoms with Crippen LogP contribution < -0.4 is 0 Å². The van der Waals surface area contributed by atoms with Crippen molar-refractivity contribution in [3.8, 4) is 0 Å². The maximum Gasteiger partial charge on any atom is 0.0543 e. The first-order valence-electron chi connectivity index (χ1n) is 8.96. The minimum Gasteiger partial charge on any atom is -0.393 e. The quantitative estimate of drug-likeness (QED) is 0.752. The normalized spacial score (nSPS) is 49.5. The van der Waals surface area contributed by atoms with Gasteiger partial charge in [-0.2, -0.15) is 0 Å².